The normalized spacial score (nSPS) is 19.5. The van der Waals surface area contributed by atoms with E-state index in [0.29, 0.717) is 5.41 Å². The highest BCUT2D eigenvalue weighted by atomic mass is 14.4. The van der Waals surface area contributed by atoms with Crippen molar-refractivity contribution in [1.29, 1.82) is 0 Å². The molecule has 0 aromatic heterocycles. The first-order chi connectivity index (χ1) is 5.33. The predicted molar refractivity (Wildman–Crippen MR) is 57.4 cm³/mol. The quantitative estimate of drug-likeness (QED) is 0.566. The molecule has 0 N–H and O–H groups in total. The molecule has 0 aliphatic heterocycles. The molecular formula is C12H26. The van der Waals surface area contributed by atoms with Crippen LogP contribution < -0.4 is 0 Å². The zero-order valence-corrected chi connectivity index (χ0v) is 9.83. The van der Waals surface area contributed by atoms with E-state index in [-0.39, 0.29) is 0 Å². The summed E-state index contributed by atoms with van der Waals surface area (Å²) in [6, 6.07) is 0. The molecule has 0 heterocycles. The van der Waals surface area contributed by atoms with E-state index in [4.69, 9.17) is 0 Å². The van der Waals surface area contributed by atoms with Gasteiger partial charge in [-0.2, -0.15) is 0 Å². The van der Waals surface area contributed by atoms with E-state index in [1.807, 2.05) is 0 Å². The van der Waals surface area contributed by atoms with Crippen molar-refractivity contribution in [3.63, 3.8) is 0 Å². The maximum atomic E-state index is 2.30. The summed E-state index contributed by atoms with van der Waals surface area (Å²) in [5.41, 5.74) is 1.33. The van der Waals surface area contributed by atoms with Gasteiger partial charge in [-0.15, -0.1) is 0 Å². The second kappa shape index (κ2) is 4.30. The zero-order valence-electron chi connectivity index (χ0n) is 9.83. The third kappa shape index (κ3) is 6.69. The van der Waals surface area contributed by atoms with Crippen LogP contribution in [0.15, 0.2) is 0 Å². The number of rotatable bonds is 2. The lowest BCUT2D eigenvalue weighted by Crippen LogP contribution is -2.05. The summed E-state index contributed by atoms with van der Waals surface area (Å²) in [5.74, 6) is 0. The van der Waals surface area contributed by atoms with Crippen LogP contribution in [-0.2, 0) is 0 Å². The van der Waals surface area contributed by atoms with E-state index in [9.17, 15) is 0 Å². The average Bonchev–Trinajstić information content (AvgIpc) is 2.67. The van der Waals surface area contributed by atoms with Gasteiger partial charge in [0.2, 0.25) is 0 Å². The molecule has 0 radical (unpaired) electrons. The lowest BCUT2D eigenvalue weighted by Gasteiger charge is -2.18. The van der Waals surface area contributed by atoms with Crippen LogP contribution >= 0.6 is 0 Å². The van der Waals surface area contributed by atoms with Crippen molar-refractivity contribution in [2.75, 3.05) is 0 Å². The lowest BCUT2D eigenvalue weighted by atomic mass is 9.88. The van der Waals surface area contributed by atoms with E-state index >= 15 is 0 Å². The van der Waals surface area contributed by atoms with Gasteiger partial charge < -0.3 is 0 Å². The summed E-state index contributed by atoms with van der Waals surface area (Å²) in [6.45, 7) is 13.7. The second-order valence-corrected chi connectivity index (χ2v) is 5.54. The summed E-state index contributed by atoms with van der Waals surface area (Å²) in [6.07, 6.45) is 5.49. The van der Waals surface area contributed by atoms with Gasteiger partial charge in [-0.05, 0) is 23.7 Å². The van der Waals surface area contributed by atoms with Crippen molar-refractivity contribution < 1.29 is 0 Å². The van der Waals surface area contributed by atoms with Crippen LogP contribution in [0.1, 0.15) is 67.2 Å². The maximum absolute atomic E-state index is 2.30. The molecule has 0 amide bonds. The smallest absolute Gasteiger partial charge is 0.0354 e. The number of hydrogen-bond acceptors (Lipinski definition) is 0. The molecule has 12 heavy (non-hydrogen) atoms. The summed E-state index contributed by atoms with van der Waals surface area (Å²) in [7, 11) is 0. The highest BCUT2D eigenvalue weighted by Crippen LogP contribution is 2.43. The first kappa shape index (κ1) is 12.0. The third-order valence-corrected chi connectivity index (χ3v) is 3.16. The van der Waals surface area contributed by atoms with Gasteiger partial charge in [0.05, 0.1) is 0 Å². The van der Waals surface area contributed by atoms with Gasteiger partial charge in [-0.3, -0.25) is 0 Å². The predicted octanol–water partition coefficient (Wildman–Crippen LogP) is 4.64. The van der Waals surface area contributed by atoms with E-state index in [0.717, 1.165) is 5.41 Å². The molecule has 0 unspecified atom stereocenters. The molecule has 0 heteroatoms. The van der Waals surface area contributed by atoms with E-state index < -0.39 is 0 Å². The Kier molecular flexibility index (Phi) is 4.30. The Morgan fingerprint density at radius 3 is 1.25 bits per heavy atom. The highest BCUT2D eigenvalue weighted by Gasteiger charge is 2.30. The Hall–Kier alpha value is 0. The van der Waals surface area contributed by atoms with Gasteiger partial charge >= 0.3 is 0 Å². The fourth-order valence-corrected chi connectivity index (χ4v) is 0.500. The Balaban J connectivity index is 0.000000211. The molecule has 0 spiro atoms. The maximum Gasteiger partial charge on any atom is -0.0354 e. The Morgan fingerprint density at radius 1 is 1.00 bits per heavy atom. The summed E-state index contributed by atoms with van der Waals surface area (Å²) in [4.78, 5) is 0. The summed E-state index contributed by atoms with van der Waals surface area (Å²) >= 11 is 0. The van der Waals surface area contributed by atoms with Crippen molar-refractivity contribution >= 4 is 0 Å². The fraction of sp³-hybridized carbons (Fsp3) is 1.00. The molecule has 1 fully saturated rings. The zero-order chi connectivity index (χ0) is 9.83. The monoisotopic (exact) mass is 170 g/mol. The molecule has 0 aromatic carbocycles. The van der Waals surface area contributed by atoms with Gasteiger partial charge in [0.25, 0.3) is 0 Å². The SMILES string of the molecule is CC1(C)CC1.CCC(C)(C)CC. The molecule has 0 nitrogen and oxygen atoms in total. The van der Waals surface area contributed by atoms with Gasteiger partial charge in [0.15, 0.2) is 0 Å². The van der Waals surface area contributed by atoms with Crippen molar-refractivity contribution in [3.05, 3.63) is 0 Å². The van der Waals surface area contributed by atoms with Crippen LogP contribution in [0.4, 0.5) is 0 Å². The summed E-state index contributed by atoms with van der Waals surface area (Å²) < 4.78 is 0. The minimum absolute atomic E-state index is 0.583. The lowest BCUT2D eigenvalue weighted by molar-refractivity contribution is 0.338. The molecule has 74 valence electrons. The minimum Gasteiger partial charge on any atom is -0.0649 e. The van der Waals surface area contributed by atoms with Crippen LogP contribution in [-0.4, -0.2) is 0 Å². The molecule has 0 aromatic rings. The van der Waals surface area contributed by atoms with Crippen molar-refractivity contribution in [1.82, 2.24) is 0 Å². The van der Waals surface area contributed by atoms with Crippen molar-refractivity contribution in [3.8, 4) is 0 Å². The first-order valence-corrected chi connectivity index (χ1v) is 5.33. The molecule has 1 aliphatic rings. The second-order valence-electron chi connectivity index (χ2n) is 5.54. The van der Waals surface area contributed by atoms with Gasteiger partial charge in [0.1, 0.15) is 0 Å². The van der Waals surface area contributed by atoms with Crippen LogP contribution in [0.5, 0.6) is 0 Å². The number of hydrogen-bond donors (Lipinski definition) is 0. The third-order valence-electron chi connectivity index (χ3n) is 3.16. The van der Waals surface area contributed by atoms with Crippen LogP contribution in [0.2, 0.25) is 0 Å². The van der Waals surface area contributed by atoms with Crippen molar-refractivity contribution in [2.45, 2.75) is 67.2 Å². The molecule has 0 saturated heterocycles. The van der Waals surface area contributed by atoms with E-state index in [1.54, 1.807) is 0 Å². The molecule has 0 atom stereocenters. The standard InChI is InChI=1S/C7H16.C5H10/c1-5-7(3,4)6-2;1-5(2)3-4-5/h5-6H2,1-4H3;3-4H2,1-2H3. The largest absolute Gasteiger partial charge is 0.0649 e. The van der Waals surface area contributed by atoms with Crippen LogP contribution in [0.3, 0.4) is 0 Å². The van der Waals surface area contributed by atoms with Gasteiger partial charge in [-0.1, -0.05) is 54.4 Å². The molecule has 1 saturated carbocycles. The van der Waals surface area contributed by atoms with Crippen LogP contribution in [0.25, 0.3) is 0 Å². The van der Waals surface area contributed by atoms with Gasteiger partial charge in [0, 0.05) is 0 Å². The Labute approximate surface area is 78.8 Å². The Bertz CT molecular complexity index is 108. The fourth-order valence-electron chi connectivity index (χ4n) is 0.500. The minimum atomic E-state index is 0.583. The Morgan fingerprint density at radius 2 is 1.25 bits per heavy atom. The topological polar surface area (TPSA) is 0 Å². The molecule has 0 bridgehead atoms. The van der Waals surface area contributed by atoms with E-state index in [2.05, 4.69) is 41.5 Å². The first-order valence-electron chi connectivity index (χ1n) is 5.33. The van der Waals surface area contributed by atoms with Crippen LogP contribution in [0, 0.1) is 10.8 Å². The highest BCUT2D eigenvalue weighted by molar-refractivity contribution is 4.82. The molecule has 1 aliphatic carbocycles. The summed E-state index contributed by atoms with van der Waals surface area (Å²) in [5, 5.41) is 0. The molecular weight excluding hydrogens is 144 g/mol. The van der Waals surface area contributed by atoms with Crippen molar-refractivity contribution in [2.24, 2.45) is 10.8 Å². The average molecular weight is 170 g/mol. The molecule has 1 rings (SSSR count). The van der Waals surface area contributed by atoms with E-state index in [1.165, 1.54) is 25.7 Å². The van der Waals surface area contributed by atoms with Gasteiger partial charge in [-0.25, -0.2) is 0 Å².